The molecule has 4 aromatic rings. The van der Waals surface area contributed by atoms with E-state index in [0.717, 1.165) is 17.0 Å². The number of halogens is 6. The number of aromatic nitrogens is 1. The van der Waals surface area contributed by atoms with Crippen LogP contribution < -0.4 is 15.2 Å². The van der Waals surface area contributed by atoms with E-state index in [2.05, 4.69) is 14.7 Å². The smallest absolute Gasteiger partial charge is 0.457 e. The molecule has 0 radical (unpaired) electrons. The molecule has 8 nitrogen and oxygen atoms in total. The largest absolute Gasteiger partial charge is 0.573 e. The number of benzene rings is 3. The second-order valence-electron chi connectivity index (χ2n) is 9.96. The first kappa shape index (κ1) is 28.5. The number of aliphatic imine (C=N–C) groups is 1. The molecule has 3 heterocycles. The summed E-state index contributed by atoms with van der Waals surface area (Å²) in [6.07, 6.45) is -4.84. The molecule has 1 aromatic heterocycles. The molecule has 6 rings (SSSR count). The number of hydrogen-bond donors (Lipinski definition) is 1. The van der Waals surface area contributed by atoms with E-state index in [4.69, 9.17) is 20.8 Å². The molecule has 43 heavy (non-hydrogen) atoms. The number of alkyl halides is 5. The van der Waals surface area contributed by atoms with Crippen molar-refractivity contribution in [2.75, 3.05) is 13.1 Å². The Labute approximate surface area is 244 Å². The highest BCUT2D eigenvalue weighted by Gasteiger charge is 2.48. The van der Waals surface area contributed by atoms with Crippen molar-refractivity contribution in [2.45, 2.75) is 25.3 Å². The molecule has 1 amide bonds. The summed E-state index contributed by atoms with van der Waals surface area (Å²) < 4.78 is 80.9. The Bertz CT molecular complexity index is 1870. The molecule has 0 saturated heterocycles. The summed E-state index contributed by atoms with van der Waals surface area (Å²) in [7, 11) is 0. The van der Waals surface area contributed by atoms with Crippen LogP contribution in [0.5, 0.6) is 17.2 Å². The minimum absolute atomic E-state index is 0.0658. The fraction of sp³-hybridized carbons (Fsp3) is 0.207. The number of nitrogens with zero attached hydrogens (tertiary/aromatic N) is 2. The monoisotopic (exact) mass is 619 g/mol. The van der Waals surface area contributed by atoms with Crippen LogP contribution in [-0.2, 0) is 4.79 Å². The maximum Gasteiger partial charge on any atom is 0.573 e. The van der Waals surface area contributed by atoms with Gasteiger partial charge in [-0.15, -0.1) is 13.2 Å². The third kappa shape index (κ3) is 5.59. The van der Waals surface area contributed by atoms with Gasteiger partial charge < -0.3 is 18.8 Å². The van der Waals surface area contributed by atoms with Crippen LogP contribution in [0.1, 0.15) is 24.1 Å². The van der Waals surface area contributed by atoms with Gasteiger partial charge in [0.15, 0.2) is 5.58 Å². The lowest BCUT2D eigenvalue weighted by atomic mass is 9.91. The van der Waals surface area contributed by atoms with Gasteiger partial charge in [-0.05, 0) is 54.1 Å². The molecule has 14 heteroatoms. The lowest BCUT2D eigenvalue weighted by molar-refractivity contribution is -0.274. The first-order chi connectivity index (χ1) is 20.3. The maximum atomic E-state index is 14.3. The molecule has 1 unspecified atom stereocenters. The van der Waals surface area contributed by atoms with Crippen molar-refractivity contribution in [3.8, 4) is 17.2 Å². The Balaban J connectivity index is 1.36. The fourth-order valence-corrected chi connectivity index (χ4v) is 5.48. The van der Waals surface area contributed by atoms with Gasteiger partial charge in [-0.2, -0.15) is 0 Å². The normalized spacial score (nSPS) is 17.1. The van der Waals surface area contributed by atoms with Crippen LogP contribution in [0.3, 0.4) is 0 Å². The van der Waals surface area contributed by atoms with Gasteiger partial charge in [0.2, 0.25) is 0 Å². The molecule has 0 fully saturated rings. The highest BCUT2D eigenvalue weighted by molar-refractivity contribution is 6.32. The molecule has 0 bridgehead atoms. The number of ether oxygens (including phenoxy) is 2. The number of hydrogen-bond acceptors (Lipinski definition) is 6. The number of amides is 1. The van der Waals surface area contributed by atoms with Gasteiger partial charge in [-0.3, -0.25) is 14.8 Å². The molecular weight excluding hydrogens is 601 g/mol. The average molecular weight is 620 g/mol. The molecule has 1 N–H and O–H groups in total. The van der Waals surface area contributed by atoms with E-state index in [1.165, 1.54) is 30.3 Å². The van der Waals surface area contributed by atoms with Crippen molar-refractivity contribution in [2.24, 2.45) is 4.99 Å². The first-order valence-electron chi connectivity index (χ1n) is 12.7. The van der Waals surface area contributed by atoms with Crippen LogP contribution in [0.15, 0.2) is 86.0 Å². The minimum atomic E-state index is -4.84. The number of oxazole rings is 1. The van der Waals surface area contributed by atoms with Crippen molar-refractivity contribution in [1.29, 1.82) is 0 Å². The molecule has 0 spiro atoms. The Morgan fingerprint density at radius 2 is 1.72 bits per heavy atom. The number of carbonyl (C=O) groups excluding carboxylic acids is 1. The summed E-state index contributed by atoms with van der Waals surface area (Å²) in [5.41, 5.74) is 2.20. The van der Waals surface area contributed by atoms with Gasteiger partial charge in [0.05, 0.1) is 30.4 Å². The van der Waals surface area contributed by atoms with Gasteiger partial charge in [0, 0.05) is 28.7 Å². The Hall–Kier alpha value is -4.65. The van der Waals surface area contributed by atoms with Crippen LogP contribution in [0.25, 0.3) is 11.1 Å². The molecule has 3 aromatic carbocycles. The first-order valence-corrected chi connectivity index (χ1v) is 13.1. The lowest BCUT2D eigenvalue weighted by Crippen LogP contribution is -2.40. The van der Waals surface area contributed by atoms with Gasteiger partial charge in [-0.25, -0.2) is 13.6 Å². The number of nitrogens with one attached hydrogen (secondary N) is 1. The third-order valence-electron chi connectivity index (χ3n) is 6.79. The quantitative estimate of drug-likeness (QED) is 0.230. The zero-order valence-corrected chi connectivity index (χ0v) is 22.7. The van der Waals surface area contributed by atoms with E-state index < -0.39 is 42.3 Å². The topological polar surface area (TPSA) is 97.1 Å². The summed E-state index contributed by atoms with van der Waals surface area (Å²) in [6.45, 7) is -0.265. The molecule has 0 saturated carbocycles. The van der Waals surface area contributed by atoms with E-state index in [9.17, 15) is 31.5 Å². The van der Waals surface area contributed by atoms with Crippen LogP contribution in [0.2, 0.25) is 5.02 Å². The summed E-state index contributed by atoms with van der Waals surface area (Å²) >= 11 is 6.66. The van der Waals surface area contributed by atoms with Crippen molar-refractivity contribution < 1.29 is 40.6 Å². The predicted octanol–water partition coefficient (Wildman–Crippen LogP) is 6.80. The summed E-state index contributed by atoms with van der Waals surface area (Å²) in [4.78, 5) is 33.5. The lowest BCUT2D eigenvalue weighted by Gasteiger charge is -2.31. The Morgan fingerprint density at radius 1 is 1.02 bits per heavy atom. The average Bonchev–Trinajstić information content (AvgIpc) is 3.57. The van der Waals surface area contributed by atoms with Gasteiger partial charge in [0.25, 0.3) is 11.8 Å². The van der Waals surface area contributed by atoms with Crippen molar-refractivity contribution >= 4 is 34.3 Å². The Kier molecular flexibility index (Phi) is 6.79. The van der Waals surface area contributed by atoms with Crippen LogP contribution >= 0.6 is 11.6 Å². The van der Waals surface area contributed by atoms with Crippen molar-refractivity contribution in [3.05, 3.63) is 98.5 Å². The highest BCUT2D eigenvalue weighted by Crippen LogP contribution is 2.47. The number of H-pyrrole nitrogens is 1. The zero-order chi connectivity index (χ0) is 30.7. The molecule has 222 valence electrons. The van der Waals surface area contributed by atoms with E-state index >= 15 is 0 Å². The molecule has 2 aliphatic heterocycles. The van der Waals surface area contributed by atoms with Crippen LogP contribution in [-0.4, -0.2) is 46.9 Å². The molecule has 0 aliphatic carbocycles. The van der Waals surface area contributed by atoms with Gasteiger partial charge in [-0.1, -0.05) is 23.7 Å². The third-order valence-corrected chi connectivity index (χ3v) is 7.12. The minimum Gasteiger partial charge on any atom is -0.457 e. The zero-order valence-electron chi connectivity index (χ0n) is 22.0. The highest BCUT2D eigenvalue weighted by atomic mass is 35.5. The second-order valence-corrected chi connectivity index (χ2v) is 10.4. The van der Waals surface area contributed by atoms with E-state index in [0.29, 0.717) is 34.9 Å². The van der Waals surface area contributed by atoms with Crippen molar-refractivity contribution in [1.82, 2.24) is 9.88 Å². The van der Waals surface area contributed by atoms with E-state index in [1.807, 2.05) is 0 Å². The van der Waals surface area contributed by atoms with E-state index in [1.54, 1.807) is 18.2 Å². The van der Waals surface area contributed by atoms with Crippen LogP contribution in [0.4, 0.5) is 22.0 Å². The number of fused-ring (bicyclic) bond motifs is 1. The Morgan fingerprint density at radius 3 is 2.40 bits per heavy atom. The SMILES string of the molecule is CC(F)(F)CN1C(=O)C2=C(C(c3cccc4[nH]c(=O)oc34)=NC2)C1c1ccc(Oc2ccc(OC(F)(F)F)cc2)cc1Cl. The number of carbonyl (C=O) groups is 1. The van der Waals surface area contributed by atoms with Crippen molar-refractivity contribution in [3.63, 3.8) is 0 Å². The summed E-state index contributed by atoms with van der Waals surface area (Å²) in [5, 5.41) is 0.0723. The summed E-state index contributed by atoms with van der Waals surface area (Å²) in [5.74, 6) is -4.61. The number of aromatic amines is 1. The van der Waals surface area contributed by atoms with Gasteiger partial charge >= 0.3 is 12.1 Å². The number of rotatable bonds is 7. The maximum absolute atomic E-state index is 14.3. The predicted molar refractivity (Wildman–Crippen MR) is 145 cm³/mol. The summed E-state index contributed by atoms with van der Waals surface area (Å²) in [6, 6.07) is 13.0. The van der Waals surface area contributed by atoms with E-state index in [-0.39, 0.29) is 34.2 Å². The second kappa shape index (κ2) is 10.3. The van der Waals surface area contributed by atoms with Crippen LogP contribution in [0, 0.1) is 0 Å². The molecule has 2 aliphatic rings. The van der Waals surface area contributed by atoms with Gasteiger partial charge in [0.1, 0.15) is 17.2 Å². The molecular formula is C29H19ClF5N3O5. The fourth-order valence-electron chi connectivity index (χ4n) is 5.21. The number of para-hydroxylation sites is 1. The standard InChI is InChI=1S/C29H19ClF5N3O5/c1-28(31,32)13-38-24(17-10-9-16(11-20(17)30)41-14-5-7-15(8-6-14)43-29(33,34)35)22-19(26(38)39)12-36-23(22)18-3-2-4-21-25(18)42-27(40)37-21/h2-11,24H,12-13H2,1H3,(H,37,40). The molecule has 1 atom stereocenters.